The highest BCUT2D eigenvalue weighted by Crippen LogP contribution is 2.27. The first-order chi connectivity index (χ1) is 11.6. The van der Waals surface area contributed by atoms with Crippen LogP contribution in [0, 0.1) is 5.82 Å². The Morgan fingerprint density at radius 1 is 1.08 bits per heavy atom. The van der Waals surface area contributed by atoms with Crippen molar-refractivity contribution in [1.29, 1.82) is 0 Å². The van der Waals surface area contributed by atoms with Crippen LogP contribution >= 0.6 is 28.1 Å². The molecule has 5 heteroatoms. The maximum atomic E-state index is 13.0. The van der Waals surface area contributed by atoms with Crippen LogP contribution in [0.4, 0.5) is 4.39 Å². The topological polar surface area (TPSA) is 12.5 Å². The average molecular weight is 408 g/mol. The number of nitrogens with zero attached hydrogens (tertiary/aromatic N) is 1. The van der Waals surface area contributed by atoms with Crippen LogP contribution in [0.3, 0.4) is 0 Å². The van der Waals surface area contributed by atoms with Gasteiger partial charge in [0, 0.05) is 17.6 Å². The van der Waals surface area contributed by atoms with E-state index >= 15 is 0 Å². The Morgan fingerprint density at radius 3 is 2.50 bits per heavy atom. The molecule has 0 unspecified atom stereocenters. The van der Waals surface area contributed by atoms with Gasteiger partial charge in [0.15, 0.2) is 0 Å². The molecule has 126 valence electrons. The van der Waals surface area contributed by atoms with Crippen LogP contribution in [0.15, 0.2) is 46.9 Å². The lowest BCUT2D eigenvalue weighted by molar-refractivity contribution is 0.303. The molecular weight excluding hydrogens is 389 g/mol. The summed E-state index contributed by atoms with van der Waals surface area (Å²) in [5, 5.41) is 0. The summed E-state index contributed by atoms with van der Waals surface area (Å²) in [5.41, 5.74) is 1.86. The van der Waals surface area contributed by atoms with Crippen LogP contribution in [0.1, 0.15) is 30.4 Å². The minimum Gasteiger partial charge on any atom is -0.488 e. The van der Waals surface area contributed by atoms with E-state index in [1.807, 2.05) is 18.2 Å². The second-order valence-corrected chi connectivity index (χ2v) is 7.21. The van der Waals surface area contributed by atoms with Crippen molar-refractivity contribution in [2.45, 2.75) is 25.9 Å². The molecule has 1 aliphatic rings. The lowest BCUT2D eigenvalue weighted by Gasteiger charge is -2.30. The number of halogens is 2. The van der Waals surface area contributed by atoms with Crippen molar-refractivity contribution in [2.24, 2.45) is 0 Å². The zero-order valence-corrected chi connectivity index (χ0v) is 15.7. The van der Waals surface area contributed by atoms with Gasteiger partial charge in [0.1, 0.15) is 23.2 Å². The predicted molar refractivity (Wildman–Crippen MR) is 102 cm³/mol. The lowest BCUT2D eigenvalue weighted by Crippen LogP contribution is -2.35. The van der Waals surface area contributed by atoms with Gasteiger partial charge in [-0.2, -0.15) is 0 Å². The van der Waals surface area contributed by atoms with Crippen LogP contribution in [0.5, 0.6) is 5.75 Å². The van der Waals surface area contributed by atoms with E-state index in [0.29, 0.717) is 6.61 Å². The monoisotopic (exact) mass is 407 g/mol. The molecular formula is C19H19BrFNOS. The Balaban J connectivity index is 1.77. The number of hydrogen-bond acceptors (Lipinski definition) is 2. The quantitative estimate of drug-likeness (QED) is 0.635. The van der Waals surface area contributed by atoms with Crippen molar-refractivity contribution in [1.82, 2.24) is 4.90 Å². The van der Waals surface area contributed by atoms with Gasteiger partial charge in [0.25, 0.3) is 0 Å². The summed E-state index contributed by atoms with van der Waals surface area (Å²) in [6.07, 6.45) is 3.63. The molecule has 2 aromatic rings. The second-order valence-electron chi connectivity index (χ2n) is 5.91. The second kappa shape index (κ2) is 8.08. The van der Waals surface area contributed by atoms with Gasteiger partial charge in [-0.15, -0.1) is 0 Å². The Kier molecular flexibility index (Phi) is 5.85. The van der Waals surface area contributed by atoms with Gasteiger partial charge in [-0.1, -0.05) is 40.3 Å². The zero-order valence-electron chi connectivity index (χ0n) is 13.3. The van der Waals surface area contributed by atoms with Gasteiger partial charge >= 0.3 is 0 Å². The van der Waals surface area contributed by atoms with Crippen LogP contribution in [0.2, 0.25) is 0 Å². The predicted octanol–water partition coefficient (Wildman–Crippen LogP) is 5.33. The Morgan fingerprint density at radius 2 is 1.79 bits per heavy atom. The average Bonchev–Trinajstić information content (AvgIpc) is 2.62. The van der Waals surface area contributed by atoms with E-state index < -0.39 is 0 Å². The van der Waals surface area contributed by atoms with Crippen molar-refractivity contribution >= 4 is 33.1 Å². The van der Waals surface area contributed by atoms with Crippen molar-refractivity contribution in [2.75, 3.05) is 13.1 Å². The third kappa shape index (κ3) is 4.33. The van der Waals surface area contributed by atoms with Crippen molar-refractivity contribution in [3.8, 4) is 5.75 Å². The van der Waals surface area contributed by atoms with Gasteiger partial charge in [0.2, 0.25) is 0 Å². The van der Waals surface area contributed by atoms with E-state index in [1.54, 1.807) is 12.1 Å². The third-order valence-electron chi connectivity index (χ3n) is 4.12. The Labute approximate surface area is 155 Å². The molecule has 0 bridgehead atoms. The lowest BCUT2D eigenvalue weighted by atomic mass is 10.1. The molecule has 0 spiro atoms. The summed E-state index contributed by atoms with van der Waals surface area (Å²) < 4.78 is 20.0. The fourth-order valence-corrected chi connectivity index (χ4v) is 3.51. The van der Waals surface area contributed by atoms with E-state index in [1.165, 1.54) is 31.4 Å². The third-order valence-corrected chi connectivity index (χ3v) is 5.09. The van der Waals surface area contributed by atoms with E-state index in [4.69, 9.17) is 17.0 Å². The summed E-state index contributed by atoms with van der Waals surface area (Å²) >= 11 is 9.23. The molecule has 1 heterocycles. The smallest absolute Gasteiger partial charge is 0.130 e. The largest absolute Gasteiger partial charge is 0.488 e. The first-order valence-electron chi connectivity index (χ1n) is 8.09. The van der Waals surface area contributed by atoms with Crippen LogP contribution in [-0.4, -0.2) is 23.0 Å². The molecule has 1 saturated heterocycles. The SMILES string of the molecule is Fc1ccc(COc2ccc(Br)cc2C(=S)N2CCCCC2)cc1. The standard InChI is InChI=1S/C19H19BrFNOS/c20-15-6-9-18(23-13-14-4-7-16(21)8-5-14)17(12-15)19(24)22-10-2-1-3-11-22/h4-9,12H,1-3,10-11,13H2. The van der Waals surface area contributed by atoms with E-state index in [9.17, 15) is 4.39 Å². The summed E-state index contributed by atoms with van der Waals surface area (Å²) in [6.45, 7) is 2.39. The Hall–Kier alpha value is -1.46. The van der Waals surface area contributed by atoms with Gasteiger partial charge in [-0.25, -0.2) is 4.39 Å². The van der Waals surface area contributed by atoms with Gasteiger partial charge in [0.05, 0.1) is 5.56 Å². The maximum absolute atomic E-state index is 13.0. The number of ether oxygens (including phenoxy) is 1. The van der Waals surface area contributed by atoms with Crippen molar-refractivity contribution < 1.29 is 9.13 Å². The van der Waals surface area contributed by atoms with Crippen LogP contribution in [-0.2, 0) is 6.61 Å². The highest BCUT2D eigenvalue weighted by Gasteiger charge is 2.18. The molecule has 0 radical (unpaired) electrons. The minimum absolute atomic E-state index is 0.241. The molecule has 0 atom stereocenters. The van der Waals surface area contributed by atoms with Crippen molar-refractivity contribution in [3.63, 3.8) is 0 Å². The maximum Gasteiger partial charge on any atom is 0.130 e. The minimum atomic E-state index is -0.241. The van der Waals surface area contributed by atoms with Gasteiger partial charge in [-0.3, -0.25) is 0 Å². The molecule has 2 nitrogen and oxygen atoms in total. The van der Waals surface area contributed by atoms with Crippen molar-refractivity contribution in [3.05, 3.63) is 63.9 Å². The zero-order chi connectivity index (χ0) is 16.9. The first kappa shape index (κ1) is 17.4. The normalized spacial score (nSPS) is 14.5. The number of hydrogen-bond donors (Lipinski definition) is 0. The molecule has 3 rings (SSSR count). The summed E-state index contributed by atoms with van der Waals surface area (Å²) in [7, 11) is 0. The fraction of sp³-hybridized carbons (Fsp3) is 0.316. The van der Waals surface area contributed by atoms with Gasteiger partial charge in [-0.05, 0) is 55.2 Å². The number of piperidine rings is 1. The molecule has 0 amide bonds. The molecule has 0 aliphatic carbocycles. The molecule has 2 aromatic carbocycles. The number of thiocarbonyl (C=S) groups is 1. The number of benzene rings is 2. The highest BCUT2D eigenvalue weighted by molar-refractivity contribution is 9.10. The summed E-state index contributed by atoms with van der Waals surface area (Å²) in [6, 6.07) is 12.2. The summed E-state index contributed by atoms with van der Waals surface area (Å²) in [4.78, 5) is 3.09. The van der Waals surface area contributed by atoms with Crippen LogP contribution in [0.25, 0.3) is 0 Å². The van der Waals surface area contributed by atoms with E-state index in [2.05, 4.69) is 20.8 Å². The number of rotatable bonds is 4. The van der Waals surface area contributed by atoms with Gasteiger partial charge < -0.3 is 9.64 Å². The molecule has 0 saturated carbocycles. The molecule has 24 heavy (non-hydrogen) atoms. The molecule has 1 aliphatic heterocycles. The molecule has 0 N–H and O–H groups in total. The fourth-order valence-electron chi connectivity index (χ4n) is 2.80. The van der Waals surface area contributed by atoms with Crippen LogP contribution < -0.4 is 4.74 Å². The van der Waals surface area contributed by atoms with E-state index in [0.717, 1.165) is 39.4 Å². The molecule has 1 fully saturated rings. The summed E-state index contributed by atoms with van der Waals surface area (Å²) in [5.74, 6) is 0.521. The van der Waals surface area contributed by atoms with E-state index in [-0.39, 0.29) is 5.82 Å². The molecule has 0 aromatic heterocycles. The highest BCUT2D eigenvalue weighted by atomic mass is 79.9. The number of likely N-dealkylation sites (tertiary alicyclic amines) is 1. The first-order valence-corrected chi connectivity index (χ1v) is 9.30. The Bertz CT molecular complexity index is 714.